The van der Waals surface area contributed by atoms with Crippen LogP contribution in [-0.4, -0.2) is 17.4 Å². The number of carbonyl (C=O) groups is 1. The Labute approximate surface area is 132 Å². The summed E-state index contributed by atoms with van der Waals surface area (Å²) < 4.78 is 0. The van der Waals surface area contributed by atoms with Crippen molar-refractivity contribution in [3.63, 3.8) is 0 Å². The Morgan fingerprint density at radius 3 is 2.55 bits per heavy atom. The maximum Gasteiger partial charge on any atom is 0.288 e. The minimum atomic E-state index is -0.612. The Bertz CT molecular complexity index is 717. The number of rotatable bonds is 5. The van der Waals surface area contributed by atoms with Crippen molar-refractivity contribution in [1.82, 2.24) is 0 Å². The maximum absolute atomic E-state index is 12.6. The second kappa shape index (κ2) is 6.87. The molecule has 0 N–H and O–H groups in total. The predicted molar refractivity (Wildman–Crippen MR) is 86.4 cm³/mol. The summed E-state index contributed by atoms with van der Waals surface area (Å²) in [5, 5.41) is 10.9. The number of nitro groups is 1. The van der Waals surface area contributed by atoms with Crippen LogP contribution in [0.2, 0.25) is 5.02 Å². The molecule has 6 heteroatoms. The van der Waals surface area contributed by atoms with E-state index in [2.05, 4.69) is 6.58 Å². The van der Waals surface area contributed by atoms with Crippen molar-refractivity contribution in [2.75, 3.05) is 11.4 Å². The molecular formula is C16H13ClN2O3. The summed E-state index contributed by atoms with van der Waals surface area (Å²) in [4.78, 5) is 24.5. The van der Waals surface area contributed by atoms with Crippen molar-refractivity contribution in [1.29, 1.82) is 0 Å². The zero-order valence-corrected chi connectivity index (χ0v) is 12.4. The third kappa shape index (κ3) is 3.32. The van der Waals surface area contributed by atoms with Crippen LogP contribution in [0.1, 0.15) is 10.4 Å². The zero-order chi connectivity index (χ0) is 16.1. The highest BCUT2D eigenvalue weighted by molar-refractivity contribution is 6.32. The molecule has 22 heavy (non-hydrogen) atoms. The van der Waals surface area contributed by atoms with Crippen LogP contribution < -0.4 is 4.90 Å². The fourth-order valence-electron chi connectivity index (χ4n) is 1.98. The van der Waals surface area contributed by atoms with Crippen LogP contribution in [0.3, 0.4) is 0 Å². The van der Waals surface area contributed by atoms with E-state index < -0.39 is 4.92 Å². The third-order valence-electron chi connectivity index (χ3n) is 3.01. The van der Waals surface area contributed by atoms with Crippen molar-refractivity contribution in [3.8, 4) is 0 Å². The topological polar surface area (TPSA) is 63.5 Å². The summed E-state index contributed by atoms with van der Waals surface area (Å²) in [5.41, 5.74) is 0.589. The van der Waals surface area contributed by atoms with Crippen LogP contribution in [0.25, 0.3) is 0 Å². The molecule has 2 aromatic carbocycles. The molecule has 2 aromatic rings. The smallest absolute Gasteiger partial charge is 0.288 e. The van der Waals surface area contributed by atoms with Gasteiger partial charge in [0.05, 0.1) is 4.92 Å². The van der Waals surface area contributed by atoms with Gasteiger partial charge in [0.2, 0.25) is 0 Å². The van der Waals surface area contributed by atoms with E-state index in [9.17, 15) is 14.9 Å². The van der Waals surface area contributed by atoms with Gasteiger partial charge < -0.3 is 4.90 Å². The summed E-state index contributed by atoms with van der Waals surface area (Å²) in [6, 6.07) is 13.0. The Morgan fingerprint density at radius 1 is 1.27 bits per heavy atom. The molecule has 0 saturated heterocycles. The van der Waals surface area contributed by atoms with Crippen LogP contribution in [0, 0.1) is 10.1 Å². The van der Waals surface area contributed by atoms with E-state index in [1.54, 1.807) is 18.2 Å². The van der Waals surface area contributed by atoms with Crippen LogP contribution in [0.15, 0.2) is 61.2 Å². The molecule has 0 fully saturated rings. The first kappa shape index (κ1) is 15.7. The van der Waals surface area contributed by atoms with Gasteiger partial charge in [-0.05, 0) is 24.3 Å². The quantitative estimate of drug-likeness (QED) is 0.474. The first-order chi connectivity index (χ1) is 10.5. The largest absolute Gasteiger partial charge is 0.305 e. The van der Waals surface area contributed by atoms with Gasteiger partial charge in [0, 0.05) is 23.9 Å². The van der Waals surface area contributed by atoms with Gasteiger partial charge >= 0.3 is 0 Å². The molecule has 5 nitrogen and oxygen atoms in total. The van der Waals surface area contributed by atoms with Crippen molar-refractivity contribution in [2.24, 2.45) is 0 Å². The Morgan fingerprint density at radius 2 is 1.95 bits per heavy atom. The molecule has 0 atom stereocenters. The average molecular weight is 317 g/mol. The zero-order valence-electron chi connectivity index (χ0n) is 11.6. The van der Waals surface area contributed by atoms with E-state index in [1.165, 1.54) is 23.1 Å². The molecule has 0 aliphatic carbocycles. The Balaban J connectivity index is 2.41. The number of para-hydroxylation sites is 1. The molecular weight excluding hydrogens is 304 g/mol. The molecule has 2 rings (SSSR count). The van der Waals surface area contributed by atoms with E-state index in [4.69, 9.17) is 11.6 Å². The summed E-state index contributed by atoms with van der Waals surface area (Å²) in [6.07, 6.45) is 1.59. The summed E-state index contributed by atoms with van der Waals surface area (Å²) in [7, 11) is 0. The van der Waals surface area contributed by atoms with E-state index in [-0.39, 0.29) is 22.2 Å². The number of anilines is 1. The molecule has 0 saturated carbocycles. The lowest BCUT2D eigenvalue weighted by Gasteiger charge is -2.21. The molecule has 0 aromatic heterocycles. The molecule has 0 spiro atoms. The van der Waals surface area contributed by atoms with Crippen molar-refractivity contribution < 1.29 is 9.72 Å². The molecule has 0 heterocycles. The van der Waals surface area contributed by atoms with E-state index in [0.717, 1.165) is 0 Å². The van der Waals surface area contributed by atoms with Crippen molar-refractivity contribution in [3.05, 3.63) is 81.9 Å². The number of carbonyl (C=O) groups excluding carboxylic acids is 1. The second-order valence-electron chi connectivity index (χ2n) is 4.46. The molecule has 0 aliphatic rings. The van der Waals surface area contributed by atoms with Gasteiger partial charge in [-0.1, -0.05) is 35.9 Å². The first-order valence-electron chi connectivity index (χ1n) is 6.46. The summed E-state index contributed by atoms with van der Waals surface area (Å²) >= 11 is 5.77. The van der Waals surface area contributed by atoms with Gasteiger partial charge in [-0.25, -0.2) is 0 Å². The fraction of sp³-hybridized carbons (Fsp3) is 0.0625. The minimum absolute atomic E-state index is 0.00321. The lowest BCUT2D eigenvalue weighted by Crippen LogP contribution is -2.31. The highest BCUT2D eigenvalue weighted by Crippen LogP contribution is 2.26. The van der Waals surface area contributed by atoms with Crippen LogP contribution in [0.4, 0.5) is 11.4 Å². The average Bonchev–Trinajstić information content (AvgIpc) is 2.53. The van der Waals surface area contributed by atoms with E-state index in [0.29, 0.717) is 12.2 Å². The van der Waals surface area contributed by atoms with Crippen molar-refractivity contribution >= 4 is 28.9 Å². The highest BCUT2D eigenvalue weighted by atomic mass is 35.5. The molecule has 0 unspecified atom stereocenters. The maximum atomic E-state index is 12.6. The first-order valence-corrected chi connectivity index (χ1v) is 6.84. The normalized spacial score (nSPS) is 10.0. The van der Waals surface area contributed by atoms with E-state index in [1.807, 2.05) is 18.2 Å². The number of amides is 1. The number of nitro benzene ring substituents is 1. The van der Waals surface area contributed by atoms with Crippen LogP contribution in [0.5, 0.6) is 0 Å². The van der Waals surface area contributed by atoms with Crippen LogP contribution in [-0.2, 0) is 0 Å². The lowest BCUT2D eigenvalue weighted by molar-refractivity contribution is -0.384. The Kier molecular flexibility index (Phi) is 4.91. The van der Waals surface area contributed by atoms with Crippen molar-refractivity contribution in [2.45, 2.75) is 0 Å². The standard InChI is InChI=1S/C16H13ClN2O3/c1-2-10-18(13-6-4-3-5-7-13)16(20)12-8-9-14(17)15(11-12)19(21)22/h2-9,11H,1,10H2. The number of hydrogen-bond acceptors (Lipinski definition) is 3. The molecule has 0 bridgehead atoms. The summed E-state index contributed by atoms with van der Waals surface area (Å²) in [6.45, 7) is 3.93. The second-order valence-corrected chi connectivity index (χ2v) is 4.87. The summed E-state index contributed by atoms with van der Waals surface area (Å²) in [5.74, 6) is -0.356. The Hall–Kier alpha value is -2.66. The monoisotopic (exact) mass is 316 g/mol. The van der Waals surface area contributed by atoms with Gasteiger partial charge in [0.1, 0.15) is 5.02 Å². The highest BCUT2D eigenvalue weighted by Gasteiger charge is 2.20. The predicted octanol–water partition coefficient (Wildman–Crippen LogP) is 4.08. The van der Waals surface area contributed by atoms with Gasteiger partial charge in [-0.15, -0.1) is 6.58 Å². The third-order valence-corrected chi connectivity index (χ3v) is 3.33. The van der Waals surface area contributed by atoms with Gasteiger partial charge in [0.15, 0.2) is 0 Å². The molecule has 0 aliphatic heterocycles. The number of nitrogens with zero attached hydrogens (tertiary/aromatic N) is 2. The molecule has 1 amide bonds. The molecule has 0 radical (unpaired) electrons. The number of halogens is 1. The van der Waals surface area contributed by atoms with Gasteiger partial charge in [0.25, 0.3) is 11.6 Å². The number of benzene rings is 2. The fourth-order valence-corrected chi connectivity index (χ4v) is 2.17. The lowest BCUT2D eigenvalue weighted by atomic mass is 10.1. The SMILES string of the molecule is C=CCN(C(=O)c1ccc(Cl)c([N+](=O)[O-])c1)c1ccccc1. The van der Waals surface area contributed by atoms with Crippen LogP contribution >= 0.6 is 11.6 Å². The number of hydrogen-bond donors (Lipinski definition) is 0. The van der Waals surface area contributed by atoms with Gasteiger partial charge in [-0.2, -0.15) is 0 Å². The van der Waals surface area contributed by atoms with Gasteiger partial charge in [-0.3, -0.25) is 14.9 Å². The van der Waals surface area contributed by atoms with E-state index >= 15 is 0 Å². The minimum Gasteiger partial charge on any atom is -0.305 e. The molecule has 112 valence electrons.